The van der Waals surface area contributed by atoms with Crippen molar-refractivity contribution in [3.8, 4) is 11.4 Å². The molecule has 0 atom stereocenters. The van der Waals surface area contributed by atoms with Crippen molar-refractivity contribution >= 4 is 107 Å². The zero-order valence-corrected chi connectivity index (χ0v) is 46.0. The molecule has 0 saturated carbocycles. The molecule has 0 radical (unpaired) electrons. The Hall–Kier alpha value is -7.49. The van der Waals surface area contributed by atoms with E-state index in [1.807, 2.05) is 0 Å². The number of benzene rings is 9. The quantitative estimate of drug-likeness (QED) is 0.160. The Kier molecular flexibility index (Phi) is 10.2. The molecule has 0 N–H and O–H groups in total. The highest BCUT2D eigenvalue weighted by atomic mass is 15.2. The first-order valence-corrected chi connectivity index (χ1v) is 26.8. The third-order valence-corrected chi connectivity index (χ3v) is 18.6. The Morgan fingerprint density at radius 3 is 0.878 bits per heavy atom. The van der Waals surface area contributed by atoms with Gasteiger partial charge >= 0.3 is 0 Å². The van der Waals surface area contributed by atoms with Crippen LogP contribution in [0.1, 0.15) is 83.5 Å². The van der Waals surface area contributed by atoms with E-state index in [-0.39, 0.29) is 13.4 Å². The highest BCUT2D eigenvalue weighted by molar-refractivity contribution is 7.02. The van der Waals surface area contributed by atoms with E-state index in [0.717, 1.165) is 0 Å². The molecule has 362 valence electrons. The van der Waals surface area contributed by atoms with Gasteiger partial charge in [-0.2, -0.15) is 0 Å². The fourth-order valence-corrected chi connectivity index (χ4v) is 14.1. The van der Waals surface area contributed by atoms with Crippen LogP contribution >= 0.6 is 0 Å². The van der Waals surface area contributed by atoms with Crippen LogP contribution in [0.25, 0.3) is 55.0 Å². The zero-order valence-electron chi connectivity index (χ0n) is 46.0. The second-order valence-electron chi connectivity index (χ2n) is 22.8. The largest absolute Gasteiger partial charge is 0.313 e. The molecule has 2 aliphatic heterocycles. The van der Waals surface area contributed by atoms with E-state index >= 15 is 0 Å². The minimum Gasteiger partial charge on any atom is -0.313 e. The van der Waals surface area contributed by atoms with Gasteiger partial charge in [0.25, 0.3) is 0 Å². The van der Waals surface area contributed by atoms with Crippen molar-refractivity contribution in [3.63, 3.8) is 0 Å². The van der Waals surface area contributed by atoms with Crippen LogP contribution in [0.5, 0.6) is 0 Å². The minimum absolute atomic E-state index is 0.0138. The van der Waals surface area contributed by atoms with Crippen molar-refractivity contribution in [2.45, 2.75) is 104 Å². The summed E-state index contributed by atoms with van der Waals surface area (Å²) >= 11 is 0. The van der Waals surface area contributed by atoms with Crippen LogP contribution in [0.3, 0.4) is 0 Å². The van der Waals surface area contributed by atoms with E-state index in [2.05, 4.69) is 239 Å². The summed E-state index contributed by atoms with van der Waals surface area (Å²) in [5.74, 6) is 0. The van der Waals surface area contributed by atoms with Gasteiger partial charge in [0.15, 0.2) is 0 Å². The molecule has 2 aromatic heterocycles. The van der Waals surface area contributed by atoms with Crippen LogP contribution < -0.4 is 37.7 Å². The van der Waals surface area contributed by atoms with Crippen LogP contribution in [0, 0.1) is 104 Å². The van der Waals surface area contributed by atoms with Gasteiger partial charge in [-0.25, -0.2) is 0 Å². The Morgan fingerprint density at radius 2 is 0.568 bits per heavy atom. The van der Waals surface area contributed by atoms with Gasteiger partial charge in [0, 0.05) is 50.0 Å². The topological polar surface area (TPSA) is 13.1 Å². The summed E-state index contributed by atoms with van der Waals surface area (Å²) < 4.78 is 5.05. The number of aromatic nitrogens is 2. The van der Waals surface area contributed by atoms with Gasteiger partial charge in [-0.05, 0) is 244 Å². The monoisotopic (exact) mass is 958 g/mol. The number of hydrogen-bond acceptors (Lipinski definition) is 1. The third kappa shape index (κ3) is 6.34. The summed E-state index contributed by atoms with van der Waals surface area (Å²) in [7, 11) is 0. The second kappa shape index (κ2) is 16.3. The maximum absolute atomic E-state index is 2.68. The summed E-state index contributed by atoms with van der Waals surface area (Å²) in [6.45, 7) is 34.7. The molecule has 5 heteroatoms. The first kappa shape index (κ1) is 46.3. The SMILES string of the molecule is Cc1cc2c3c(c1)B(c1c(C)c(C)c(C)c(C)c1C)c1cc(-n4c5ccc(C)cc5c5cc(C)ccc54)ccc1N3c1ccc(-n3c4ccc(C)cc4c4cc(C)ccc43)cc1B2c1c(C)c(C)c(C)c(C)c1C. The van der Waals surface area contributed by atoms with E-state index in [0.29, 0.717) is 0 Å². The molecule has 3 nitrogen and oxygen atoms in total. The Morgan fingerprint density at radius 1 is 0.270 bits per heavy atom. The zero-order chi connectivity index (χ0) is 51.7. The molecule has 0 bridgehead atoms. The molecule has 13 rings (SSSR count). The average Bonchev–Trinajstić information content (AvgIpc) is 3.95. The van der Waals surface area contributed by atoms with Crippen molar-refractivity contribution in [2.75, 3.05) is 4.90 Å². The number of hydrogen-bond donors (Lipinski definition) is 0. The van der Waals surface area contributed by atoms with Gasteiger partial charge < -0.3 is 14.0 Å². The average molecular weight is 958 g/mol. The van der Waals surface area contributed by atoms with Crippen molar-refractivity contribution in [3.05, 3.63) is 205 Å². The smallest absolute Gasteiger partial charge is 0.247 e. The van der Waals surface area contributed by atoms with E-state index < -0.39 is 0 Å². The first-order chi connectivity index (χ1) is 35.4. The van der Waals surface area contributed by atoms with Gasteiger partial charge in [0.2, 0.25) is 13.4 Å². The lowest BCUT2D eigenvalue weighted by molar-refractivity contribution is 1.17. The van der Waals surface area contributed by atoms with Crippen LogP contribution in [-0.4, -0.2) is 22.6 Å². The summed E-state index contributed by atoms with van der Waals surface area (Å²) in [6, 6.07) is 47.9. The molecular formula is C69H65B2N3. The summed E-state index contributed by atoms with van der Waals surface area (Å²) in [6.07, 6.45) is 0. The molecule has 0 spiro atoms. The Balaban J connectivity index is 1.16. The van der Waals surface area contributed by atoms with Gasteiger partial charge in [-0.3, -0.25) is 0 Å². The van der Waals surface area contributed by atoms with Crippen LogP contribution in [0.2, 0.25) is 0 Å². The molecule has 2 aliphatic rings. The second-order valence-corrected chi connectivity index (χ2v) is 22.8. The van der Waals surface area contributed by atoms with Crippen LogP contribution in [0.15, 0.2) is 121 Å². The lowest BCUT2D eigenvalue weighted by atomic mass is 9.29. The molecule has 74 heavy (non-hydrogen) atoms. The summed E-state index contributed by atoms with van der Waals surface area (Å²) in [5, 5.41) is 5.19. The number of nitrogens with zero attached hydrogens (tertiary/aromatic N) is 3. The standard InChI is InChI=1S/C69H65B2N3/c1-36-16-22-61-53(28-36)54-29-37(2)17-23-62(54)72(61)51-20-26-65-57(34-51)70(67-47(12)43(8)41(6)44(9)48(67)13)59-32-40(5)33-60-69(59)74(65)66-27-21-52(35-58(66)71(60)68-49(14)45(10)42(7)46(11)50(68)15)73-63-24-18-38(3)30-55(63)56-31-39(4)19-25-64(56)73/h16-35H,1-15H3. The van der Waals surface area contributed by atoms with E-state index in [1.54, 1.807) is 0 Å². The molecule has 11 aromatic rings. The molecule has 0 saturated heterocycles. The Labute approximate surface area is 438 Å². The van der Waals surface area contributed by atoms with E-state index in [1.165, 1.54) is 188 Å². The maximum atomic E-state index is 2.68. The number of aryl methyl sites for hydroxylation is 5. The maximum Gasteiger partial charge on any atom is 0.247 e. The number of rotatable bonds is 4. The molecule has 4 heterocycles. The van der Waals surface area contributed by atoms with Crippen LogP contribution in [-0.2, 0) is 0 Å². The highest BCUT2D eigenvalue weighted by Crippen LogP contribution is 2.42. The van der Waals surface area contributed by atoms with Gasteiger partial charge in [0.1, 0.15) is 0 Å². The normalized spacial score (nSPS) is 13.0. The lowest BCUT2D eigenvalue weighted by Crippen LogP contribution is -2.66. The van der Waals surface area contributed by atoms with Gasteiger partial charge in [-0.15, -0.1) is 0 Å². The van der Waals surface area contributed by atoms with E-state index in [9.17, 15) is 0 Å². The fraction of sp³-hybridized carbons (Fsp3) is 0.217. The summed E-state index contributed by atoms with van der Waals surface area (Å²) in [4.78, 5) is 2.68. The van der Waals surface area contributed by atoms with Crippen molar-refractivity contribution in [2.24, 2.45) is 0 Å². The van der Waals surface area contributed by atoms with Crippen LogP contribution in [0.4, 0.5) is 17.1 Å². The molecule has 0 amide bonds. The van der Waals surface area contributed by atoms with E-state index in [4.69, 9.17) is 0 Å². The van der Waals surface area contributed by atoms with Crippen molar-refractivity contribution in [1.29, 1.82) is 0 Å². The molecule has 0 unspecified atom stereocenters. The molecule has 0 fully saturated rings. The summed E-state index contributed by atoms with van der Waals surface area (Å²) in [5.41, 5.74) is 39.8. The van der Waals surface area contributed by atoms with Crippen molar-refractivity contribution in [1.82, 2.24) is 9.13 Å². The number of anilines is 3. The highest BCUT2D eigenvalue weighted by Gasteiger charge is 2.46. The van der Waals surface area contributed by atoms with Gasteiger partial charge in [0.05, 0.1) is 22.1 Å². The first-order valence-electron chi connectivity index (χ1n) is 26.8. The van der Waals surface area contributed by atoms with Crippen molar-refractivity contribution < 1.29 is 0 Å². The number of fused-ring (bicyclic) bond motifs is 10. The molecule has 9 aromatic carbocycles. The van der Waals surface area contributed by atoms with Gasteiger partial charge in [-0.1, -0.05) is 97.4 Å². The Bertz CT molecular complexity index is 3880. The predicted octanol–water partition coefficient (Wildman–Crippen LogP) is 13.6. The third-order valence-electron chi connectivity index (χ3n) is 18.6. The molecular weight excluding hydrogens is 892 g/mol. The predicted molar refractivity (Wildman–Crippen MR) is 323 cm³/mol. The fourth-order valence-electron chi connectivity index (χ4n) is 14.1. The lowest BCUT2D eigenvalue weighted by Gasteiger charge is -2.45. The molecule has 0 aliphatic carbocycles. The minimum atomic E-state index is -0.0138.